The van der Waals surface area contributed by atoms with Crippen LogP contribution in [0.1, 0.15) is 31.2 Å². The number of unbranched alkanes of at least 4 members (excludes halogenated alkanes) is 3. The Balaban J connectivity index is 2.28. The van der Waals surface area contributed by atoms with E-state index in [1.807, 2.05) is 17.8 Å². The molecule has 0 heterocycles. The van der Waals surface area contributed by atoms with Crippen LogP contribution in [0.2, 0.25) is 0 Å². The van der Waals surface area contributed by atoms with Crippen LogP contribution in [0.25, 0.3) is 0 Å². The summed E-state index contributed by atoms with van der Waals surface area (Å²) in [6, 6.07) is 4.11. The molecule has 0 saturated heterocycles. The normalized spacial score (nSPS) is 10.8. The Morgan fingerprint density at radius 3 is 2.60 bits per heavy atom. The Hall–Kier alpha value is 0.290. The average Bonchev–Trinajstić information content (AvgIpc) is 2.41. The average molecular weight is 425 g/mol. The predicted octanol–water partition coefficient (Wildman–Crippen LogP) is 5.23. The summed E-state index contributed by atoms with van der Waals surface area (Å²) in [5, 5.41) is 3.49. The maximum atomic E-state index is 5.44. The summed E-state index contributed by atoms with van der Waals surface area (Å²) < 4.78 is 7.50. The highest BCUT2D eigenvalue weighted by atomic mass is 79.9. The molecule has 0 aliphatic rings. The van der Waals surface area contributed by atoms with E-state index in [9.17, 15) is 0 Å². The SMILES string of the molecule is COc1c(Br)cc(Br)cc1CNCCCCCCSC. The van der Waals surface area contributed by atoms with Crippen LogP contribution in [0, 0.1) is 0 Å². The summed E-state index contributed by atoms with van der Waals surface area (Å²) in [4.78, 5) is 0. The van der Waals surface area contributed by atoms with E-state index in [1.165, 1.54) is 37.0 Å². The Kier molecular flexibility index (Phi) is 10.0. The highest BCUT2D eigenvalue weighted by molar-refractivity contribution is 9.11. The van der Waals surface area contributed by atoms with Gasteiger partial charge >= 0.3 is 0 Å². The lowest BCUT2D eigenvalue weighted by molar-refractivity contribution is 0.404. The second-order valence-corrected chi connectivity index (χ2v) is 7.42. The van der Waals surface area contributed by atoms with E-state index in [-0.39, 0.29) is 0 Å². The minimum Gasteiger partial charge on any atom is -0.495 e. The van der Waals surface area contributed by atoms with Crippen LogP contribution >= 0.6 is 43.6 Å². The van der Waals surface area contributed by atoms with Crippen molar-refractivity contribution in [1.29, 1.82) is 0 Å². The van der Waals surface area contributed by atoms with E-state index >= 15 is 0 Å². The first-order valence-electron chi connectivity index (χ1n) is 6.90. The molecular weight excluding hydrogens is 402 g/mol. The minimum atomic E-state index is 0.839. The van der Waals surface area contributed by atoms with Gasteiger partial charge in [0.2, 0.25) is 0 Å². The number of halogens is 2. The van der Waals surface area contributed by atoms with Crippen LogP contribution in [0.15, 0.2) is 21.1 Å². The second kappa shape index (κ2) is 10.9. The fourth-order valence-corrected chi connectivity index (χ4v) is 4.01. The number of hydrogen-bond donors (Lipinski definition) is 1. The van der Waals surface area contributed by atoms with Crippen molar-refractivity contribution >= 4 is 43.6 Å². The predicted molar refractivity (Wildman–Crippen MR) is 97.0 cm³/mol. The first-order chi connectivity index (χ1) is 9.69. The van der Waals surface area contributed by atoms with Crippen molar-refractivity contribution in [2.24, 2.45) is 0 Å². The maximum absolute atomic E-state index is 5.44. The van der Waals surface area contributed by atoms with Crippen LogP contribution in [0.5, 0.6) is 5.75 Å². The van der Waals surface area contributed by atoms with Crippen molar-refractivity contribution in [1.82, 2.24) is 5.32 Å². The Morgan fingerprint density at radius 2 is 1.90 bits per heavy atom. The van der Waals surface area contributed by atoms with Gasteiger partial charge in [-0.05, 0) is 59.5 Å². The van der Waals surface area contributed by atoms with Crippen LogP contribution < -0.4 is 10.1 Å². The van der Waals surface area contributed by atoms with Crippen molar-refractivity contribution in [3.05, 3.63) is 26.6 Å². The molecule has 0 unspecified atom stereocenters. The first kappa shape index (κ1) is 18.3. The van der Waals surface area contributed by atoms with E-state index in [1.54, 1.807) is 7.11 Å². The van der Waals surface area contributed by atoms with Gasteiger partial charge < -0.3 is 10.1 Å². The molecule has 0 aliphatic heterocycles. The van der Waals surface area contributed by atoms with E-state index in [0.29, 0.717) is 0 Å². The van der Waals surface area contributed by atoms with Crippen molar-refractivity contribution in [3.8, 4) is 5.75 Å². The molecule has 1 aromatic carbocycles. The maximum Gasteiger partial charge on any atom is 0.137 e. The van der Waals surface area contributed by atoms with Crippen molar-refractivity contribution in [2.75, 3.05) is 25.7 Å². The molecule has 0 amide bonds. The number of rotatable bonds is 10. The minimum absolute atomic E-state index is 0.839. The Morgan fingerprint density at radius 1 is 1.15 bits per heavy atom. The van der Waals surface area contributed by atoms with Gasteiger partial charge in [-0.15, -0.1) is 0 Å². The van der Waals surface area contributed by atoms with Gasteiger partial charge in [0.05, 0.1) is 11.6 Å². The van der Waals surface area contributed by atoms with Gasteiger partial charge in [0, 0.05) is 16.6 Å². The molecule has 0 saturated carbocycles. The van der Waals surface area contributed by atoms with Crippen molar-refractivity contribution in [3.63, 3.8) is 0 Å². The van der Waals surface area contributed by atoms with E-state index in [2.05, 4.69) is 49.5 Å². The van der Waals surface area contributed by atoms with Gasteiger partial charge in [0.25, 0.3) is 0 Å². The number of hydrogen-bond acceptors (Lipinski definition) is 3. The molecule has 0 radical (unpaired) electrons. The molecule has 1 rings (SSSR count). The number of benzene rings is 1. The molecule has 0 aliphatic carbocycles. The van der Waals surface area contributed by atoms with E-state index in [4.69, 9.17) is 4.74 Å². The molecule has 1 aromatic rings. The smallest absolute Gasteiger partial charge is 0.137 e. The van der Waals surface area contributed by atoms with Crippen LogP contribution in [0.4, 0.5) is 0 Å². The standard InChI is InChI=1S/C15H23Br2NOS/c1-19-15-12(9-13(16)10-14(15)17)11-18-7-5-3-4-6-8-20-2/h9-10,18H,3-8,11H2,1-2H3. The zero-order chi connectivity index (χ0) is 14.8. The lowest BCUT2D eigenvalue weighted by atomic mass is 10.2. The van der Waals surface area contributed by atoms with Gasteiger partial charge in [-0.3, -0.25) is 0 Å². The Bertz CT molecular complexity index is 402. The summed E-state index contributed by atoms with van der Waals surface area (Å²) in [6.07, 6.45) is 7.41. The number of methoxy groups -OCH3 is 1. The molecule has 1 N–H and O–H groups in total. The Labute approximate surface area is 143 Å². The first-order valence-corrected chi connectivity index (χ1v) is 9.88. The molecule has 0 spiro atoms. The number of thioether (sulfide) groups is 1. The molecule has 0 bridgehead atoms. The molecular formula is C15H23Br2NOS. The lowest BCUT2D eigenvalue weighted by Crippen LogP contribution is -2.15. The summed E-state index contributed by atoms with van der Waals surface area (Å²) in [6.45, 7) is 1.90. The van der Waals surface area contributed by atoms with Gasteiger partial charge in [-0.2, -0.15) is 11.8 Å². The molecule has 20 heavy (non-hydrogen) atoms. The van der Waals surface area contributed by atoms with Gasteiger partial charge in [-0.25, -0.2) is 0 Å². The molecule has 114 valence electrons. The van der Waals surface area contributed by atoms with E-state index < -0.39 is 0 Å². The molecule has 5 heteroatoms. The third kappa shape index (κ3) is 6.83. The third-order valence-electron chi connectivity index (χ3n) is 3.06. The van der Waals surface area contributed by atoms with Gasteiger partial charge in [-0.1, -0.05) is 28.8 Å². The molecule has 0 atom stereocenters. The number of nitrogens with one attached hydrogen (secondary N) is 1. The molecule has 0 aromatic heterocycles. The van der Waals surface area contributed by atoms with E-state index in [0.717, 1.165) is 27.8 Å². The van der Waals surface area contributed by atoms with Crippen LogP contribution in [-0.4, -0.2) is 25.7 Å². The monoisotopic (exact) mass is 423 g/mol. The van der Waals surface area contributed by atoms with Gasteiger partial charge in [0.15, 0.2) is 0 Å². The van der Waals surface area contributed by atoms with Gasteiger partial charge in [0.1, 0.15) is 5.75 Å². The quantitative estimate of drug-likeness (QED) is 0.519. The number of ether oxygens (including phenoxy) is 1. The summed E-state index contributed by atoms with van der Waals surface area (Å²) in [5.74, 6) is 2.21. The van der Waals surface area contributed by atoms with Crippen molar-refractivity contribution in [2.45, 2.75) is 32.2 Å². The lowest BCUT2D eigenvalue weighted by Gasteiger charge is -2.12. The summed E-state index contributed by atoms with van der Waals surface area (Å²) in [7, 11) is 1.71. The highest BCUT2D eigenvalue weighted by Crippen LogP contribution is 2.32. The summed E-state index contributed by atoms with van der Waals surface area (Å²) >= 11 is 8.99. The van der Waals surface area contributed by atoms with Crippen LogP contribution in [-0.2, 0) is 6.54 Å². The zero-order valence-corrected chi connectivity index (χ0v) is 16.2. The third-order valence-corrected chi connectivity index (χ3v) is 4.80. The second-order valence-electron chi connectivity index (χ2n) is 4.66. The largest absolute Gasteiger partial charge is 0.495 e. The highest BCUT2D eigenvalue weighted by Gasteiger charge is 2.08. The fourth-order valence-electron chi connectivity index (χ4n) is 2.05. The zero-order valence-electron chi connectivity index (χ0n) is 12.2. The van der Waals surface area contributed by atoms with Crippen molar-refractivity contribution < 1.29 is 4.74 Å². The summed E-state index contributed by atoms with van der Waals surface area (Å²) in [5.41, 5.74) is 1.18. The van der Waals surface area contributed by atoms with Crippen LogP contribution in [0.3, 0.4) is 0 Å². The molecule has 2 nitrogen and oxygen atoms in total. The topological polar surface area (TPSA) is 21.3 Å². The molecule has 0 fully saturated rings. The fraction of sp³-hybridized carbons (Fsp3) is 0.600.